The second kappa shape index (κ2) is 5.35. The monoisotopic (exact) mass is 263 g/mol. The lowest BCUT2D eigenvalue weighted by Gasteiger charge is -2.00. The summed E-state index contributed by atoms with van der Waals surface area (Å²) in [7, 11) is -2.99. The van der Waals surface area contributed by atoms with Crippen LogP contribution >= 0.6 is 11.3 Å². The predicted molar refractivity (Wildman–Crippen MR) is 62.2 cm³/mol. The second-order valence-corrected chi connectivity index (χ2v) is 6.85. The molecular formula is C8H13N3O3S2. The number of sulfone groups is 1. The first-order valence-electron chi connectivity index (χ1n) is 4.64. The van der Waals surface area contributed by atoms with Crippen molar-refractivity contribution in [1.82, 2.24) is 10.2 Å². The minimum Gasteiger partial charge on any atom is -0.301 e. The Bertz CT molecular complexity index is 467. The van der Waals surface area contributed by atoms with E-state index in [2.05, 4.69) is 15.5 Å². The normalized spacial score (nSPS) is 11.4. The maximum atomic E-state index is 11.3. The summed E-state index contributed by atoms with van der Waals surface area (Å²) in [6.07, 6.45) is 1.65. The van der Waals surface area contributed by atoms with Crippen molar-refractivity contribution in [2.24, 2.45) is 0 Å². The van der Waals surface area contributed by atoms with Gasteiger partial charge in [0.1, 0.15) is 14.8 Å². The number of carbonyl (C=O) groups is 1. The summed E-state index contributed by atoms with van der Waals surface area (Å²) in [5.74, 6) is -0.213. The molecule has 0 aromatic carbocycles. The molecule has 0 aliphatic carbocycles. The average molecular weight is 263 g/mol. The zero-order chi connectivity index (χ0) is 12.2. The van der Waals surface area contributed by atoms with Gasteiger partial charge in [-0.05, 0) is 13.3 Å². The molecule has 0 fully saturated rings. The highest BCUT2D eigenvalue weighted by Gasteiger charge is 2.08. The molecule has 0 aliphatic rings. The van der Waals surface area contributed by atoms with Gasteiger partial charge in [-0.15, -0.1) is 10.2 Å². The van der Waals surface area contributed by atoms with Crippen molar-refractivity contribution < 1.29 is 13.2 Å². The van der Waals surface area contributed by atoms with Crippen molar-refractivity contribution in [2.45, 2.75) is 19.8 Å². The highest BCUT2D eigenvalue weighted by molar-refractivity contribution is 7.90. The van der Waals surface area contributed by atoms with Crippen LogP contribution in [0.25, 0.3) is 0 Å². The van der Waals surface area contributed by atoms with E-state index in [1.807, 2.05) is 0 Å². The number of hydrogen-bond acceptors (Lipinski definition) is 6. The SMILES string of the molecule is Cc1nnc(NC(=O)CCCS(C)(=O)=O)s1. The van der Waals surface area contributed by atoms with Gasteiger partial charge in [0, 0.05) is 12.7 Å². The van der Waals surface area contributed by atoms with E-state index in [1.165, 1.54) is 11.3 Å². The number of carbonyl (C=O) groups excluding carboxylic acids is 1. The van der Waals surface area contributed by atoms with E-state index in [1.54, 1.807) is 6.92 Å². The topological polar surface area (TPSA) is 89.0 Å². The van der Waals surface area contributed by atoms with Crippen LogP contribution in [-0.2, 0) is 14.6 Å². The van der Waals surface area contributed by atoms with Gasteiger partial charge in [-0.25, -0.2) is 8.42 Å². The minimum absolute atomic E-state index is 0.0234. The van der Waals surface area contributed by atoms with Gasteiger partial charge in [0.25, 0.3) is 0 Å². The lowest BCUT2D eigenvalue weighted by Crippen LogP contribution is -2.13. The molecule has 1 rings (SSSR count). The summed E-state index contributed by atoms with van der Waals surface area (Å²) in [6.45, 7) is 1.79. The number of anilines is 1. The fourth-order valence-corrected chi connectivity index (χ4v) is 2.30. The molecule has 1 N–H and O–H groups in total. The number of amides is 1. The van der Waals surface area contributed by atoms with Gasteiger partial charge in [-0.1, -0.05) is 11.3 Å². The Morgan fingerprint density at radius 3 is 2.62 bits per heavy atom. The third-order valence-electron chi connectivity index (χ3n) is 1.69. The van der Waals surface area contributed by atoms with Crippen molar-refractivity contribution in [2.75, 3.05) is 17.3 Å². The predicted octanol–water partition coefficient (Wildman–Crippen LogP) is 0.610. The number of rotatable bonds is 5. The number of nitrogens with one attached hydrogen (secondary N) is 1. The second-order valence-electron chi connectivity index (χ2n) is 3.41. The summed E-state index contributed by atoms with van der Waals surface area (Å²) in [6, 6.07) is 0. The smallest absolute Gasteiger partial charge is 0.226 e. The molecule has 6 nitrogen and oxygen atoms in total. The van der Waals surface area contributed by atoms with Crippen molar-refractivity contribution in [3.63, 3.8) is 0 Å². The van der Waals surface area contributed by atoms with Crippen molar-refractivity contribution in [3.05, 3.63) is 5.01 Å². The molecule has 0 aliphatic heterocycles. The van der Waals surface area contributed by atoms with Gasteiger partial charge in [-0.2, -0.15) is 0 Å². The summed E-state index contributed by atoms with van der Waals surface area (Å²) in [5, 5.41) is 11.3. The summed E-state index contributed by atoms with van der Waals surface area (Å²) in [4.78, 5) is 11.3. The van der Waals surface area contributed by atoms with Gasteiger partial charge < -0.3 is 5.32 Å². The van der Waals surface area contributed by atoms with Crippen LogP contribution < -0.4 is 5.32 Å². The zero-order valence-corrected chi connectivity index (χ0v) is 10.7. The molecule has 0 spiro atoms. The fourth-order valence-electron chi connectivity index (χ4n) is 1.02. The lowest BCUT2D eigenvalue weighted by molar-refractivity contribution is -0.116. The molecule has 1 aromatic heterocycles. The summed E-state index contributed by atoms with van der Waals surface area (Å²) >= 11 is 1.28. The molecule has 16 heavy (non-hydrogen) atoms. The Morgan fingerprint density at radius 1 is 1.44 bits per heavy atom. The number of hydrogen-bond donors (Lipinski definition) is 1. The van der Waals surface area contributed by atoms with Gasteiger partial charge >= 0.3 is 0 Å². The van der Waals surface area contributed by atoms with Crippen molar-refractivity contribution >= 4 is 32.2 Å². The molecule has 90 valence electrons. The molecule has 0 bridgehead atoms. The first kappa shape index (κ1) is 13.0. The molecule has 0 unspecified atom stereocenters. The van der Waals surface area contributed by atoms with Crippen LogP contribution in [0, 0.1) is 6.92 Å². The molecule has 0 radical (unpaired) electrons. The van der Waals surface area contributed by atoms with Gasteiger partial charge in [0.15, 0.2) is 0 Å². The van der Waals surface area contributed by atoms with Crippen LogP contribution in [0.1, 0.15) is 17.8 Å². The minimum atomic E-state index is -2.99. The standard InChI is InChI=1S/C8H13N3O3S2/c1-6-10-11-8(15-6)9-7(12)4-3-5-16(2,13)14/h3-5H2,1-2H3,(H,9,11,12). The first-order valence-corrected chi connectivity index (χ1v) is 7.52. The van der Waals surface area contributed by atoms with Crippen molar-refractivity contribution in [3.8, 4) is 0 Å². The van der Waals surface area contributed by atoms with E-state index >= 15 is 0 Å². The molecule has 0 atom stereocenters. The number of aromatic nitrogens is 2. The molecule has 1 heterocycles. The highest BCUT2D eigenvalue weighted by Crippen LogP contribution is 2.13. The van der Waals surface area contributed by atoms with Crippen LogP contribution in [0.3, 0.4) is 0 Å². The van der Waals surface area contributed by atoms with E-state index in [4.69, 9.17) is 0 Å². The Hall–Kier alpha value is -1.02. The number of aryl methyl sites for hydroxylation is 1. The molecule has 1 aromatic rings. The molecule has 1 amide bonds. The number of nitrogens with zero attached hydrogens (tertiary/aromatic N) is 2. The van der Waals surface area contributed by atoms with Gasteiger partial charge in [0.05, 0.1) is 5.75 Å². The van der Waals surface area contributed by atoms with Gasteiger partial charge in [-0.3, -0.25) is 4.79 Å². The van der Waals surface area contributed by atoms with Crippen molar-refractivity contribution in [1.29, 1.82) is 0 Å². The quantitative estimate of drug-likeness (QED) is 0.840. The van der Waals surface area contributed by atoms with Crippen LogP contribution in [-0.4, -0.2) is 36.5 Å². The Balaban J connectivity index is 2.32. The van der Waals surface area contributed by atoms with E-state index in [0.29, 0.717) is 11.6 Å². The Kier molecular flexibility index (Phi) is 4.36. The highest BCUT2D eigenvalue weighted by atomic mass is 32.2. The van der Waals surface area contributed by atoms with Crippen LogP contribution in [0.5, 0.6) is 0 Å². The van der Waals surface area contributed by atoms with E-state index < -0.39 is 9.84 Å². The Labute approximate surface area is 98.0 Å². The largest absolute Gasteiger partial charge is 0.301 e. The third kappa shape index (κ3) is 5.17. The first-order chi connectivity index (χ1) is 7.37. The van der Waals surface area contributed by atoms with E-state index in [-0.39, 0.29) is 18.1 Å². The maximum absolute atomic E-state index is 11.3. The average Bonchev–Trinajstić information content (AvgIpc) is 2.48. The fraction of sp³-hybridized carbons (Fsp3) is 0.625. The van der Waals surface area contributed by atoms with E-state index in [9.17, 15) is 13.2 Å². The third-order valence-corrected chi connectivity index (χ3v) is 3.48. The van der Waals surface area contributed by atoms with Crippen LogP contribution in [0.2, 0.25) is 0 Å². The molecular weight excluding hydrogens is 250 g/mol. The van der Waals surface area contributed by atoms with E-state index in [0.717, 1.165) is 11.3 Å². The Morgan fingerprint density at radius 2 is 2.12 bits per heavy atom. The van der Waals surface area contributed by atoms with Crippen LogP contribution in [0.4, 0.5) is 5.13 Å². The molecule has 8 heteroatoms. The van der Waals surface area contributed by atoms with Crippen LogP contribution in [0.15, 0.2) is 0 Å². The maximum Gasteiger partial charge on any atom is 0.226 e. The zero-order valence-electron chi connectivity index (χ0n) is 9.06. The molecule has 0 saturated heterocycles. The molecule has 0 saturated carbocycles. The summed E-state index contributed by atoms with van der Waals surface area (Å²) in [5.41, 5.74) is 0. The lowest BCUT2D eigenvalue weighted by atomic mass is 10.3. The summed E-state index contributed by atoms with van der Waals surface area (Å²) < 4.78 is 21.6. The van der Waals surface area contributed by atoms with Gasteiger partial charge in [0.2, 0.25) is 11.0 Å².